The van der Waals surface area contributed by atoms with Gasteiger partial charge in [-0.05, 0) is 37.2 Å². The summed E-state index contributed by atoms with van der Waals surface area (Å²) in [7, 11) is 4.13. The van der Waals surface area contributed by atoms with Gasteiger partial charge in [0.1, 0.15) is 0 Å². The number of hydrogen-bond donors (Lipinski definition) is 0. The Balaban J connectivity index is 2.13. The first-order chi connectivity index (χ1) is 11.6. The minimum absolute atomic E-state index is 0.0677. The third-order valence-electron chi connectivity index (χ3n) is 4.27. The van der Waals surface area contributed by atoms with E-state index in [4.69, 9.17) is 0 Å². The molecule has 0 spiro atoms. The SMILES string of the molecule is CC(CN(C)C)Cn1c(=O)cc(-c2ccccc2)c2ccccc21. The van der Waals surface area contributed by atoms with Crippen LogP contribution in [0.5, 0.6) is 0 Å². The summed E-state index contributed by atoms with van der Waals surface area (Å²) in [6.45, 7) is 3.88. The van der Waals surface area contributed by atoms with Crippen LogP contribution in [0.4, 0.5) is 0 Å². The number of rotatable bonds is 5. The first-order valence-electron chi connectivity index (χ1n) is 8.39. The average Bonchev–Trinajstić information content (AvgIpc) is 2.57. The summed E-state index contributed by atoms with van der Waals surface area (Å²) in [4.78, 5) is 15.0. The maximum Gasteiger partial charge on any atom is 0.251 e. The van der Waals surface area contributed by atoms with E-state index in [1.54, 1.807) is 6.07 Å². The van der Waals surface area contributed by atoms with Gasteiger partial charge in [-0.3, -0.25) is 4.79 Å². The molecule has 0 N–H and O–H groups in total. The number of fused-ring (bicyclic) bond motifs is 1. The van der Waals surface area contributed by atoms with Gasteiger partial charge in [0.05, 0.1) is 5.52 Å². The summed E-state index contributed by atoms with van der Waals surface area (Å²) in [6.07, 6.45) is 0. The van der Waals surface area contributed by atoms with Gasteiger partial charge in [-0.25, -0.2) is 0 Å². The molecule has 124 valence electrons. The molecule has 0 aliphatic carbocycles. The van der Waals surface area contributed by atoms with Gasteiger partial charge < -0.3 is 9.47 Å². The Hall–Kier alpha value is -2.39. The largest absolute Gasteiger partial charge is 0.309 e. The lowest BCUT2D eigenvalue weighted by molar-refractivity contribution is 0.316. The molecule has 0 radical (unpaired) electrons. The summed E-state index contributed by atoms with van der Waals surface area (Å²) in [6, 6.07) is 20.1. The van der Waals surface area contributed by atoms with Crippen LogP contribution >= 0.6 is 0 Å². The van der Waals surface area contributed by atoms with E-state index in [9.17, 15) is 4.79 Å². The summed E-state index contributed by atoms with van der Waals surface area (Å²) < 4.78 is 1.91. The molecule has 0 aliphatic rings. The molecule has 1 unspecified atom stereocenters. The lowest BCUT2D eigenvalue weighted by Crippen LogP contribution is -2.28. The molecule has 3 rings (SSSR count). The topological polar surface area (TPSA) is 25.2 Å². The Morgan fingerprint density at radius 3 is 2.38 bits per heavy atom. The van der Waals surface area contributed by atoms with Gasteiger partial charge in [-0.15, -0.1) is 0 Å². The zero-order valence-corrected chi connectivity index (χ0v) is 14.6. The van der Waals surface area contributed by atoms with E-state index in [1.807, 2.05) is 41.0 Å². The second kappa shape index (κ2) is 7.02. The van der Waals surface area contributed by atoms with Gasteiger partial charge in [-0.1, -0.05) is 55.5 Å². The van der Waals surface area contributed by atoms with Crippen LogP contribution in [-0.2, 0) is 6.54 Å². The Morgan fingerprint density at radius 1 is 1.00 bits per heavy atom. The number of aromatic nitrogens is 1. The molecular weight excluding hydrogens is 296 g/mol. The van der Waals surface area contributed by atoms with E-state index in [0.717, 1.165) is 35.1 Å². The third kappa shape index (κ3) is 3.41. The zero-order valence-electron chi connectivity index (χ0n) is 14.6. The molecule has 1 atom stereocenters. The molecule has 0 amide bonds. The van der Waals surface area contributed by atoms with E-state index in [0.29, 0.717) is 5.92 Å². The van der Waals surface area contributed by atoms with Gasteiger partial charge in [0.25, 0.3) is 5.56 Å². The Labute approximate surface area is 143 Å². The van der Waals surface area contributed by atoms with Gasteiger partial charge in [0.15, 0.2) is 0 Å². The molecule has 3 aromatic rings. The first-order valence-corrected chi connectivity index (χ1v) is 8.39. The van der Waals surface area contributed by atoms with Crippen LogP contribution in [0.25, 0.3) is 22.0 Å². The molecule has 2 aromatic carbocycles. The van der Waals surface area contributed by atoms with Crippen LogP contribution in [-0.4, -0.2) is 30.1 Å². The van der Waals surface area contributed by atoms with Gasteiger partial charge >= 0.3 is 0 Å². The minimum atomic E-state index is 0.0677. The number of hydrogen-bond acceptors (Lipinski definition) is 2. The van der Waals surface area contributed by atoms with Crippen molar-refractivity contribution in [2.75, 3.05) is 20.6 Å². The number of para-hydroxylation sites is 1. The van der Waals surface area contributed by atoms with E-state index < -0.39 is 0 Å². The highest BCUT2D eigenvalue weighted by atomic mass is 16.1. The Kier molecular flexibility index (Phi) is 4.81. The lowest BCUT2D eigenvalue weighted by Gasteiger charge is -2.20. The van der Waals surface area contributed by atoms with E-state index >= 15 is 0 Å². The smallest absolute Gasteiger partial charge is 0.251 e. The maximum atomic E-state index is 12.8. The molecule has 1 aromatic heterocycles. The normalized spacial score (nSPS) is 12.7. The summed E-state index contributed by atoms with van der Waals surface area (Å²) >= 11 is 0. The highest BCUT2D eigenvalue weighted by Gasteiger charge is 2.12. The monoisotopic (exact) mass is 320 g/mol. The van der Waals surface area contributed by atoms with Crippen molar-refractivity contribution in [3.8, 4) is 11.1 Å². The van der Waals surface area contributed by atoms with Crippen molar-refractivity contribution in [1.82, 2.24) is 9.47 Å². The number of pyridine rings is 1. The van der Waals surface area contributed by atoms with Crippen LogP contribution in [0, 0.1) is 5.92 Å². The van der Waals surface area contributed by atoms with Crippen LogP contribution in [0.1, 0.15) is 6.92 Å². The summed E-state index contributed by atoms with van der Waals surface area (Å²) in [5, 5.41) is 1.13. The van der Waals surface area contributed by atoms with Crippen molar-refractivity contribution in [3.63, 3.8) is 0 Å². The van der Waals surface area contributed by atoms with E-state index in [2.05, 4.69) is 44.1 Å². The maximum absolute atomic E-state index is 12.8. The molecule has 24 heavy (non-hydrogen) atoms. The molecule has 0 fully saturated rings. The fourth-order valence-corrected chi connectivity index (χ4v) is 3.37. The molecule has 1 heterocycles. The quantitative estimate of drug-likeness (QED) is 0.713. The van der Waals surface area contributed by atoms with E-state index in [1.165, 1.54) is 0 Å². The standard InChI is InChI=1S/C21H24N2O/c1-16(14-22(2)3)15-23-20-12-8-7-11-18(20)19(13-21(23)24)17-9-5-4-6-10-17/h4-13,16H,14-15H2,1-3H3. The van der Waals surface area contributed by atoms with Crippen LogP contribution in [0.2, 0.25) is 0 Å². The predicted molar refractivity (Wildman–Crippen MR) is 101 cm³/mol. The highest BCUT2D eigenvalue weighted by Crippen LogP contribution is 2.27. The van der Waals surface area contributed by atoms with Gasteiger partial charge in [0, 0.05) is 24.5 Å². The average molecular weight is 320 g/mol. The molecule has 3 heteroatoms. The Morgan fingerprint density at radius 2 is 1.67 bits per heavy atom. The lowest BCUT2D eigenvalue weighted by atomic mass is 10.0. The van der Waals surface area contributed by atoms with Crippen molar-refractivity contribution in [2.45, 2.75) is 13.5 Å². The predicted octanol–water partition coefficient (Wildman–Crippen LogP) is 3.87. The molecule has 3 nitrogen and oxygen atoms in total. The summed E-state index contributed by atoms with van der Waals surface area (Å²) in [5.74, 6) is 0.406. The Bertz CT molecular complexity index is 881. The highest BCUT2D eigenvalue weighted by molar-refractivity contribution is 5.94. The van der Waals surface area contributed by atoms with Crippen LogP contribution in [0.15, 0.2) is 65.5 Å². The summed E-state index contributed by atoms with van der Waals surface area (Å²) in [5.41, 5.74) is 3.17. The van der Waals surface area contributed by atoms with Crippen molar-refractivity contribution in [1.29, 1.82) is 0 Å². The fourth-order valence-electron chi connectivity index (χ4n) is 3.37. The first kappa shape index (κ1) is 16.5. The molecule has 0 saturated heterocycles. The van der Waals surface area contributed by atoms with Crippen LogP contribution < -0.4 is 5.56 Å². The zero-order chi connectivity index (χ0) is 17.1. The third-order valence-corrected chi connectivity index (χ3v) is 4.27. The van der Waals surface area contributed by atoms with Gasteiger partial charge in [-0.2, -0.15) is 0 Å². The fraction of sp³-hybridized carbons (Fsp3) is 0.286. The number of benzene rings is 2. The second-order valence-electron chi connectivity index (χ2n) is 6.76. The van der Waals surface area contributed by atoms with Crippen molar-refractivity contribution < 1.29 is 0 Å². The minimum Gasteiger partial charge on any atom is -0.309 e. The molecular formula is C21H24N2O. The molecule has 0 aliphatic heterocycles. The molecule has 0 saturated carbocycles. The van der Waals surface area contributed by atoms with Crippen molar-refractivity contribution >= 4 is 10.9 Å². The van der Waals surface area contributed by atoms with Crippen LogP contribution in [0.3, 0.4) is 0 Å². The van der Waals surface area contributed by atoms with E-state index in [-0.39, 0.29) is 5.56 Å². The number of nitrogens with zero attached hydrogens (tertiary/aromatic N) is 2. The van der Waals surface area contributed by atoms with Crippen molar-refractivity contribution in [2.24, 2.45) is 5.92 Å². The van der Waals surface area contributed by atoms with Crippen molar-refractivity contribution in [3.05, 3.63) is 71.0 Å². The second-order valence-corrected chi connectivity index (χ2v) is 6.76. The molecule has 0 bridgehead atoms. The van der Waals surface area contributed by atoms with Gasteiger partial charge in [0.2, 0.25) is 0 Å².